The number of halogens is 3. The number of alkyl halides is 3. The number of aromatic nitrogens is 2. The molecule has 0 saturated carbocycles. The third-order valence-corrected chi connectivity index (χ3v) is 3.27. The van der Waals surface area contributed by atoms with Crippen LogP contribution in [0.15, 0.2) is 33.9 Å². The molecule has 0 aliphatic heterocycles. The van der Waals surface area contributed by atoms with Crippen LogP contribution in [-0.2, 0) is 6.18 Å². The Morgan fingerprint density at radius 2 is 1.92 bits per heavy atom. The van der Waals surface area contributed by atoms with E-state index in [-0.39, 0.29) is 12.4 Å². The highest BCUT2D eigenvalue weighted by molar-refractivity contribution is 5.96. The molecule has 1 atom stereocenters. The number of hydrogen-bond donors (Lipinski definition) is 4. The number of hydrogen-bond acceptors (Lipinski definition) is 5. The topological polar surface area (TPSA) is 130 Å². The summed E-state index contributed by atoms with van der Waals surface area (Å²) in [5.41, 5.74) is 1.71. The van der Waals surface area contributed by atoms with Gasteiger partial charge in [0.15, 0.2) is 0 Å². The summed E-state index contributed by atoms with van der Waals surface area (Å²) >= 11 is 0. The number of carbonyl (C=O) groups excluding carboxylic acids is 1. The van der Waals surface area contributed by atoms with Gasteiger partial charge in [-0.2, -0.15) is 13.2 Å². The molecule has 2 rings (SSSR count). The molecule has 5 N–H and O–H groups in total. The zero-order chi connectivity index (χ0) is 19.5. The summed E-state index contributed by atoms with van der Waals surface area (Å²) in [7, 11) is 0. The van der Waals surface area contributed by atoms with E-state index < -0.39 is 46.3 Å². The number of amides is 1. The van der Waals surface area contributed by atoms with Crippen molar-refractivity contribution in [3.63, 3.8) is 0 Å². The standard InChI is InChI=1S/C15H15F3N4O4/c1-7(6-26-9-5-3-2-4-8(9)15(16,17)18)20-13(24)11-10(19)12(23)22-14(25)21-11/h2-5,7H,6,19H2,1H3,(H,20,24)(H2,21,22,23,25)/t7-/m1/s1. The lowest BCUT2D eigenvalue weighted by Gasteiger charge is -2.18. The van der Waals surface area contributed by atoms with Crippen LogP contribution in [0.2, 0.25) is 0 Å². The van der Waals surface area contributed by atoms with E-state index in [9.17, 15) is 27.6 Å². The van der Waals surface area contributed by atoms with Crippen LogP contribution in [0.4, 0.5) is 18.9 Å². The molecule has 0 unspecified atom stereocenters. The van der Waals surface area contributed by atoms with E-state index in [2.05, 4.69) is 10.3 Å². The normalized spacial score (nSPS) is 12.5. The number of nitrogen functional groups attached to an aromatic ring is 1. The molecule has 140 valence electrons. The van der Waals surface area contributed by atoms with Gasteiger partial charge < -0.3 is 20.8 Å². The smallest absolute Gasteiger partial charge is 0.419 e. The molecule has 1 amide bonds. The van der Waals surface area contributed by atoms with Crippen LogP contribution in [0.3, 0.4) is 0 Å². The summed E-state index contributed by atoms with van der Waals surface area (Å²) < 4.78 is 43.8. The van der Waals surface area contributed by atoms with Crippen LogP contribution in [0.5, 0.6) is 5.75 Å². The SMILES string of the molecule is C[C@H](COc1ccccc1C(F)(F)F)NC(=O)c1[nH]c(=O)[nH]c(=O)c1N. The molecule has 11 heteroatoms. The van der Waals surface area contributed by atoms with Gasteiger partial charge in [0.1, 0.15) is 23.7 Å². The van der Waals surface area contributed by atoms with Gasteiger partial charge in [0, 0.05) is 0 Å². The predicted molar refractivity (Wildman–Crippen MR) is 86.0 cm³/mol. The summed E-state index contributed by atoms with van der Waals surface area (Å²) in [5.74, 6) is -1.25. The summed E-state index contributed by atoms with van der Waals surface area (Å²) in [6.07, 6.45) is -4.58. The summed E-state index contributed by atoms with van der Waals surface area (Å²) in [4.78, 5) is 38.6. The first-order valence-corrected chi connectivity index (χ1v) is 7.31. The summed E-state index contributed by atoms with van der Waals surface area (Å²) in [5, 5.41) is 2.37. The first-order chi connectivity index (χ1) is 12.1. The van der Waals surface area contributed by atoms with E-state index >= 15 is 0 Å². The summed E-state index contributed by atoms with van der Waals surface area (Å²) in [6, 6.07) is 3.90. The van der Waals surface area contributed by atoms with E-state index in [1.54, 1.807) is 0 Å². The molecule has 0 spiro atoms. The van der Waals surface area contributed by atoms with Crippen molar-refractivity contribution in [3.05, 3.63) is 56.4 Å². The zero-order valence-corrected chi connectivity index (χ0v) is 13.4. The van der Waals surface area contributed by atoms with Gasteiger partial charge in [0.25, 0.3) is 11.5 Å². The molecule has 2 aromatic rings. The number of nitrogens with one attached hydrogen (secondary N) is 3. The molecule has 8 nitrogen and oxygen atoms in total. The number of para-hydroxylation sites is 1. The molecule has 0 aliphatic rings. The Hall–Kier alpha value is -3.24. The Balaban J connectivity index is 2.07. The first-order valence-electron chi connectivity index (χ1n) is 7.31. The van der Waals surface area contributed by atoms with Crippen molar-refractivity contribution < 1.29 is 22.7 Å². The number of anilines is 1. The first kappa shape index (κ1) is 19.1. The van der Waals surface area contributed by atoms with E-state index in [4.69, 9.17) is 10.5 Å². The van der Waals surface area contributed by atoms with Gasteiger partial charge >= 0.3 is 11.9 Å². The molecule has 0 bridgehead atoms. The van der Waals surface area contributed by atoms with Crippen LogP contribution in [-0.4, -0.2) is 28.5 Å². The fourth-order valence-corrected chi connectivity index (χ4v) is 2.05. The number of aromatic amines is 2. The van der Waals surface area contributed by atoms with Crippen LogP contribution >= 0.6 is 0 Å². The molecular formula is C15H15F3N4O4. The molecule has 0 aliphatic carbocycles. The predicted octanol–water partition coefficient (Wildman–Crippen LogP) is 0.861. The number of benzene rings is 1. The van der Waals surface area contributed by atoms with Gasteiger partial charge in [0.2, 0.25) is 0 Å². The van der Waals surface area contributed by atoms with Gasteiger partial charge in [-0.1, -0.05) is 12.1 Å². The Bertz CT molecular complexity index is 920. The second-order valence-electron chi connectivity index (χ2n) is 5.38. The number of carbonyl (C=O) groups is 1. The van der Waals surface area contributed by atoms with Crippen LogP contribution in [0.1, 0.15) is 23.0 Å². The largest absolute Gasteiger partial charge is 0.491 e. The maximum atomic E-state index is 12.9. The van der Waals surface area contributed by atoms with Crippen molar-refractivity contribution in [2.24, 2.45) is 0 Å². The maximum Gasteiger partial charge on any atom is 0.419 e. The second kappa shape index (κ2) is 7.33. The average Bonchev–Trinajstić information content (AvgIpc) is 2.55. The molecule has 1 aromatic heterocycles. The van der Waals surface area contributed by atoms with Crippen molar-refractivity contribution in [2.45, 2.75) is 19.1 Å². The molecule has 0 saturated heterocycles. The number of H-pyrrole nitrogens is 2. The van der Waals surface area contributed by atoms with Crippen molar-refractivity contribution in [1.29, 1.82) is 0 Å². The number of ether oxygens (including phenoxy) is 1. The minimum absolute atomic E-state index is 0.286. The van der Waals surface area contributed by atoms with E-state index in [1.165, 1.54) is 19.1 Å². The van der Waals surface area contributed by atoms with Crippen LogP contribution in [0, 0.1) is 0 Å². The Morgan fingerprint density at radius 3 is 2.58 bits per heavy atom. The lowest BCUT2D eigenvalue weighted by molar-refractivity contribution is -0.139. The zero-order valence-electron chi connectivity index (χ0n) is 13.4. The van der Waals surface area contributed by atoms with Gasteiger partial charge in [-0.3, -0.25) is 14.6 Å². The Morgan fingerprint density at radius 1 is 1.27 bits per heavy atom. The molecule has 0 fully saturated rings. The lowest BCUT2D eigenvalue weighted by Crippen LogP contribution is -2.40. The van der Waals surface area contributed by atoms with Crippen molar-refractivity contribution >= 4 is 11.6 Å². The molecule has 0 radical (unpaired) electrons. The highest BCUT2D eigenvalue weighted by atomic mass is 19.4. The number of nitrogens with two attached hydrogens (primary N) is 1. The van der Waals surface area contributed by atoms with E-state index in [1.807, 2.05) is 4.98 Å². The van der Waals surface area contributed by atoms with Gasteiger partial charge in [-0.15, -0.1) is 0 Å². The minimum atomic E-state index is -4.58. The minimum Gasteiger partial charge on any atom is -0.491 e. The van der Waals surface area contributed by atoms with Gasteiger partial charge in [-0.05, 0) is 19.1 Å². The lowest BCUT2D eigenvalue weighted by atomic mass is 10.2. The molecule has 1 heterocycles. The average molecular weight is 372 g/mol. The van der Waals surface area contributed by atoms with Crippen molar-refractivity contribution in [2.75, 3.05) is 12.3 Å². The number of rotatable bonds is 5. The second-order valence-corrected chi connectivity index (χ2v) is 5.38. The molecular weight excluding hydrogens is 357 g/mol. The highest BCUT2D eigenvalue weighted by Gasteiger charge is 2.34. The van der Waals surface area contributed by atoms with Crippen molar-refractivity contribution in [1.82, 2.24) is 15.3 Å². The highest BCUT2D eigenvalue weighted by Crippen LogP contribution is 2.35. The van der Waals surface area contributed by atoms with Gasteiger partial charge in [0.05, 0.1) is 11.6 Å². The van der Waals surface area contributed by atoms with Gasteiger partial charge in [-0.25, -0.2) is 4.79 Å². The van der Waals surface area contributed by atoms with E-state index in [0.29, 0.717) is 0 Å². The summed E-state index contributed by atoms with van der Waals surface area (Å²) in [6.45, 7) is 1.18. The van der Waals surface area contributed by atoms with Crippen LogP contribution in [0.25, 0.3) is 0 Å². The van der Waals surface area contributed by atoms with E-state index in [0.717, 1.165) is 12.1 Å². The maximum absolute atomic E-state index is 12.9. The fourth-order valence-electron chi connectivity index (χ4n) is 2.05. The van der Waals surface area contributed by atoms with Crippen LogP contribution < -0.4 is 27.0 Å². The monoisotopic (exact) mass is 372 g/mol. The van der Waals surface area contributed by atoms with Crippen molar-refractivity contribution in [3.8, 4) is 5.75 Å². The fraction of sp³-hybridized carbons (Fsp3) is 0.267. The molecule has 1 aromatic carbocycles. The Kier molecular flexibility index (Phi) is 5.38. The third kappa shape index (κ3) is 4.43. The Labute approximate surface area is 144 Å². The molecule has 26 heavy (non-hydrogen) atoms. The quantitative estimate of drug-likeness (QED) is 0.619. The third-order valence-electron chi connectivity index (χ3n) is 3.27.